The van der Waals surface area contributed by atoms with Gasteiger partial charge in [-0.1, -0.05) is 36.4 Å². The maximum atomic E-state index is 12.3. The lowest BCUT2D eigenvalue weighted by molar-refractivity contribution is -0.149. The second kappa shape index (κ2) is 7.00. The van der Waals surface area contributed by atoms with Crippen LogP contribution < -0.4 is 4.74 Å². The molecule has 0 saturated heterocycles. The predicted molar refractivity (Wildman–Crippen MR) is 90.1 cm³/mol. The average Bonchev–Trinajstić information content (AvgIpc) is 3.04. The number of carbonyl (C=O) groups is 2. The first-order chi connectivity index (χ1) is 11.6. The van der Waals surface area contributed by atoms with Crippen molar-refractivity contribution in [2.75, 3.05) is 6.61 Å². The molecule has 1 N–H and O–H groups in total. The number of hydrogen-bond donors (Lipinski definition) is 1. The van der Waals surface area contributed by atoms with Crippen molar-refractivity contribution in [2.45, 2.75) is 13.0 Å². The minimum atomic E-state index is -0.789. The molecule has 0 aliphatic carbocycles. The summed E-state index contributed by atoms with van der Waals surface area (Å²) in [6.07, 6.45) is 0.841. The molecule has 0 amide bonds. The van der Waals surface area contributed by atoms with Gasteiger partial charge in [-0.25, -0.2) is 4.79 Å². The predicted octanol–water partition coefficient (Wildman–Crippen LogP) is 3.36. The number of ether oxygens (including phenoxy) is 2. The van der Waals surface area contributed by atoms with Crippen molar-refractivity contribution in [3.63, 3.8) is 0 Å². The highest BCUT2D eigenvalue weighted by atomic mass is 16.6. The number of aromatic amines is 1. The number of rotatable bonds is 6. The van der Waals surface area contributed by atoms with E-state index in [9.17, 15) is 9.59 Å². The largest absolute Gasteiger partial charge is 0.479 e. The number of aromatic nitrogens is 1. The molecule has 0 fully saturated rings. The van der Waals surface area contributed by atoms with Gasteiger partial charge in [0.15, 0.2) is 12.7 Å². The molecule has 0 bridgehead atoms. The molecule has 0 aliphatic heterocycles. The number of para-hydroxylation sites is 2. The molecule has 1 heterocycles. The molecular weight excluding hydrogens is 306 g/mol. The van der Waals surface area contributed by atoms with Crippen molar-refractivity contribution in [3.8, 4) is 5.75 Å². The molecule has 0 saturated carbocycles. The normalized spacial score (nSPS) is 11.9. The SMILES string of the molecule is C[C@@H](Oc1ccccc1)C(=O)OCC(=O)c1c[nH]c2ccccc12. The number of Topliss-reactive ketones (excluding diaryl/α,β-unsaturated/α-hetero) is 1. The van der Waals surface area contributed by atoms with Gasteiger partial charge in [-0.05, 0) is 25.1 Å². The molecule has 0 aliphatic rings. The van der Waals surface area contributed by atoms with Gasteiger partial charge in [-0.15, -0.1) is 0 Å². The van der Waals surface area contributed by atoms with E-state index in [4.69, 9.17) is 9.47 Å². The van der Waals surface area contributed by atoms with Crippen LogP contribution in [0.3, 0.4) is 0 Å². The molecule has 2 aromatic carbocycles. The van der Waals surface area contributed by atoms with Crippen LogP contribution in [-0.4, -0.2) is 29.4 Å². The monoisotopic (exact) mass is 323 g/mol. The van der Waals surface area contributed by atoms with Crippen molar-refractivity contribution < 1.29 is 19.1 Å². The van der Waals surface area contributed by atoms with Crippen LogP contribution in [0.5, 0.6) is 5.75 Å². The minimum absolute atomic E-state index is 0.257. The molecule has 1 aromatic heterocycles. The molecule has 24 heavy (non-hydrogen) atoms. The van der Waals surface area contributed by atoms with E-state index in [0.717, 1.165) is 10.9 Å². The number of ketones is 1. The molecule has 0 spiro atoms. The summed E-state index contributed by atoms with van der Waals surface area (Å²) < 4.78 is 10.6. The topological polar surface area (TPSA) is 68.4 Å². The number of fused-ring (bicyclic) bond motifs is 1. The van der Waals surface area contributed by atoms with Gasteiger partial charge in [-0.2, -0.15) is 0 Å². The van der Waals surface area contributed by atoms with E-state index in [0.29, 0.717) is 11.3 Å². The zero-order valence-electron chi connectivity index (χ0n) is 13.2. The summed E-state index contributed by atoms with van der Waals surface area (Å²) in [6.45, 7) is 1.27. The number of benzene rings is 2. The number of H-pyrrole nitrogens is 1. The number of nitrogens with one attached hydrogen (secondary N) is 1. The van der Waals surface area contributed by atoms with Gasteiger partial charge in [0.2, 0.25) is 5.78 Å². The van der Waals surface area contributed by atoms with E-state index in [1.54, 1.807) is 25.3 Å². The summed E-state index contributed by atoms with van der Waals surface area (Å²) in [5.74, 6) is -0.260. The first kappa shape index (κ1) is 15.8. The van der Waals surface area contributed by atoms with Crippen LogP contribution in [0.15, 0.2) is 60.8 Å². The van der Waals surface area contributed by atoms with Gasteiger partial charge in [-0.3, -0.25) is 4.79 Å². The third-order valence-electron chi connectivity index (χ3n) is 3.62. The van der Waals surface area contributed by atoms with E-state index in [1.807, 2.05) is 42.5 Å². The first-order valence-electron chi connectivity index (χ1n) is 7.63. The highest BCUT2D eigenvalue weighted by molar-refractivity contribution is 6.08. The molecule has 3 rings (SSSR count). The second-order valence-corrected chi connectivity index (χ2v) is 5.35. The Bertz CT molecular complexity index is 854. The van der Waals surface area contributed by atoms with Crippen LogP contribution in [0.2, 0.25) is 0 Å². The third kappa shape index (κ3) is 3.46. The molecule has 5 nitrogen and oxygen atoms in total. The van der Waals surface area contributed by atoms with Gasteiger partial charge >= 0.3 is 5.97 Å². The Hall–Kier alpha value is -3.08. The Morgan fingerprint density at radius 1 is 1.04 bits per heavy atom. The van der Waals surface area contributed by atoms with E-state index in [1.165, 1.54) is 0 Å². The van der Waals surface area contributed by atoms with E-state index >= 15 is 0 Å². The molecule has 1 atom stereocenters. The molecule has 3 aromatic rings. The van der Waals surface area contributed by atoms with E-state index in [2.05, 4.69) is 4.98 Å². The lowest BCUT2D eigenvalue weighted by Gasteiger charge is -2.13. The van der Waals surface area contributed by atoms with Crippen LogP contribution in [0, 0.1) is 0 Å². The zero-order valence-corrected chi connectivity index (χ0v) is 13.2. The van der Waals surface area contributed by atoms with Gasteiger partial charge in [0.1, 0.15) is 5.75 Å². The maximum absolute atomic E-state index is 12.3. The van der Waals surface area contributed by atoms with Gasteiger partial charge in [0.05, 0.1) is 0 Å². The summed E-state index contributed by atoms with van der Waals surface area (Å²) in [5.41, 5.74) is 1.38. The summed E-state index contributed by atoms with van der Waals surface area (Å²) in [7, 11) is 0. The number of esters is 1. The Kier molecular flexibility index (Phi) is 4.61. The third-order valence-corrected chi connectivity index (χ3v) is 3.62. The van der Waals surface area contributed by atoms with Gasteiger partial charge < -0.3 is 14.5 Å². The van der Waals surface area contributed by atoms with Crippen molar-refractivity contribution >= 4 is 22.7 Å². The van der Waals surface area contributed by atoms with Crippen molar-refractivity contribution in [2.24, 2.45) is 0 Å². The highest BCUT2D eigenvalue weighted by Gasteiger charge is 2.19. The Morgan fingerprint density at radius 2 is 1.75 bits per heavy atom. The molecule has 0 unspecified atom stereocenters. The van der Waals surface area contributed by atoms with Crippen LogP contribution in [0.4, 0.5) is 0 Å². The number of carbonyl (C=O) groups excluding carboxylic acids is 2. The van der Waals surface area contributed by atoms with Crippen molar-refractivity contribution in [1.82, 2.24) is 4.98 Å². The summed E-state index contributed by atoms with van der Waals surface area (Å²) in [5, 5.41) is 0.812. The van der Waals surface area contributed by atoms with Crippen LogP contribution in [-0.2, 0) is 9.53 Å². The molecular formula is C19H17NO4. The highest BCUT2D eigenvalue weighted by Crippen LogP contribution is 2.18. The lowest BCUT2D eigenvalue weighted by Crippen LogP contribution is -2.28. The first-order valence-corrected chi connectivity index (χ1v) is 7.63. The fourth-order valence-electron chi connectivity index (χ4n) is 2.39. The summed E-state index contributed by atoms with van der Waals surface area (Å²) >= 11 is 0. The number of hydrogen-bond acceptors (Lipinski definition) is 4. The van der Waals surface area contributed by atoms with Crippen molar-refractivity contribution in [1.29, 1.82) is 0 Å². The quantitative estimate of drug-likeness (QED) is 0.558. The smallest absolute Gasteiger partial charge is 0.347 e. The van der Waals surface area contributed by atoms with Crippen molar-refractivity contribution in [3.05, 3.63) is 66.4 Å². The minimum Gasteiger partial charge on any atom is -0.479 e. The zero-order chi connectivity index (χ0) is 16.9. The summed E-state index contributed by atoms with van der Waals surface area (Å²) in [6, 6.07) is 16.5. The Labute approximate surface area is 139 Å². The molecule has 122 valence electrons. The van der Waals surface area contributed by atoms with E-state index in [-0.39, 0.29) is 12.4 Å². The molecule has 0 radical (unpaired) electrons. The van der Waals surface area contributed by atoms with Crippen LogP contribution >= 0.6 is 0 Å². The van der Waals surface area contributed by atoms with Gasteiger partial charge in [0.25, 0.3) is 0 Å². The van der Waals surface area contributed by atoms with E-state index < -0.39 is 12.1 Å². The molecule has 5 heteroatoms. The van der Waals surface area contributed by atoms with Crippen LogP contribution in [0.25, 0.3) is 10.9 Å². The average molecular weight is 323 g/mol. The maximum Gasteiger partial charge on any atom is 0.347 e. The second-order valence-electron chi connectivity index (χ2n) is 5.35. The Morgan fingerprint density at radius 3 is 2.54 bits per heavy atom. The van der Waals surface area contributed by atoms with Crippen LogP contribution in [0.1, 0.15) is 17.3 Å². The Balaban J connectivity index is 1.58. The standard InChI is InChI=1S/C19H17NO4/c1-13(24-14-7-3-2-4-8-14)19(22)23-12-18(21)16-11-20-17-10-6-5-9-15(16)17/h2-11,13,20H,12H2,1H3/t13-/m1/s1. The lowest BCUT2D eigenvalue weighted by atomic mass is 10.1. The van der Waals surface area contributed by atoms with Gasteiger partial charge in [0, 0.05) is 22.7 Å². The summed E-state index contributed by atoms with van der Waals surface area (Å²) in [4.78, 5) is 27.3. The fraction of sp³-hybridized carbons (Fsp3) is 0.158. The fourth-order valence-corrected chi connectivity index (χ4v) is 2.39.